The molecule has 1 saturated heterocycles. The lowest BCUT2D eigenvalue weighted by molar-refractivity contribution is -0.0494. The molecule has 28 heavy (non-hydrogen) atoms. The third kappa shape index (κ3) is 5.77. The fourth-order valence-corrected chi connectivity index (χ4v) is 3.84. The number of benzene rings is 1. The molecule has 0 aromatic heterocycles. The van der Waals surface area contributed by atoms with E-state index < -0.39 is 27.2 Å². The molecule has 1 aliphatic rings. The van der Waals surface area contributed by atoms with E-state index in [9.17, 15) is 30.4 Å². The topological polar surface area (TPSA) is 73.8 Å². The molecule has 1 aromatic rings. The van der Waals surface area contributed by atoms with Crippen LogP contribution in [-0.4, -0.2) is 56.9 Å². The second-order valence-corrected chi connectivity index (χ2v) is 8.22. The Labute approximate surface area is 159 Å². The van der Waals surface area contributed by atoms with Gasteiger partial charge in [-0.1, -0.05) is 0 Å². The first-order valence-corrected chi connectivity index (χ1v) is 9.95. The number of hydrogen-bond donors (Lipinski definition) is 2. The van der Waals surface area contributed by atoms with Crippen LogP contribution >= 0.6 is 0 Å². The van der Waals surface area contributed by atoms with Gasteiger partial charge in [0.25, 0.3) is 0 Å². The molecule has 0 bridgehead atoms. The quantitative estimate of drug-likeness (QED) is 0.428. The number of rotatable bonds is 5. The second kappa shape index (κ2) is 9.03. The molecule has 0 radical (unpaired) electrons. The van der Waals surface area contributed by atoms with Crippen LogP contribution in [0.2, 0.25) is 0 Å². The van der Waals surface area contributed by atoms with Gasteiger partial charge in [-0.3, -0.25) is 4.99 Å². The zero-order valence-corrected chi connectivity index (χ0v) is 15.9. The van der Waals surface area contributed by atoms with E-state index in [2.05, 4.69) is 15.6 Å². The van der Waals surface area contributed by atoms with Gasteiger partial charge in [0, 0.05) is 38.8 Å². The highest BCUT2D eigenvalue weighted by Crippen LogP contribution is 2.28. The molecule has 0 aliphatic carbocycles. The highest BCUT2D eigenvalue weighted by atomic mass is 32.2. The zero-order valence-electron chi connectivity index (χ0n) is 15.1. The molecule has 1 aromatic carbocycles. The SMILES string of the molecule is CN=C(NCCc1cc(F)cc(F)c1)NC1CCN(S(=O)(=O)C(F)(F)F)CC1. The number of piperidine rings is 1. The Morgan fingerprint density at radius 3 is 2.25 bits per heavy atom. The Balaban J connectivity index is 1.81. The Bertz CT molecular complexity index is 785. The van der Waals surface area contributed by atoms with Crippen molar-refractivity contribution in [3.8, 4) is 0 Å². The van der Waals surface area contributed by atoms with Gasteiger partial charge >= 0.3 is 15.5 Å². The Morgan fingerprint density at radius 1 is 1.18 bits per heavy atom. The summed E-state index contributed by atoms with van der Waals surface area (Å²) >= 11 is 0. The van der Waals surface area contributed by atoms with Crippen molar-refractivity contribution in [2.45, 2.75) is 30.8 Å². The number of halogens is 5. The molecule has 0 spiro atoms. The van der Waals surface area contributed by atoms with Crippen molar-refractivity contribution < 1.29 is 30.4 Å². The fraction of sp³-hybridized carbons (Fsp3) is 0.562. The highest BCUT2D eigenvalue weighted by Gasteiger charge is 2.50. The average Bonchev–Trinajstić information content (AvgIpc) is 2.59. The van der Waals surface area contributed by atoms with Crippen LogP contribution in [0.5, 0.6) is 0 Å². The summed E-state index contributed by atoms with van der Waals surface area (Å²) in [5, 5.41) is 5.97. The van der Waals surface area contributed by atoms with Gasteiger partial charge in [0.05, 0.1) is 0 Å². The van der Waals surface area contributed by atoms with E-state index in [0.717, 1.165) is 6.07 Å². The highest BCUT2D eigenvalue weighted by molar-refractivity contribution is 7.90. The predicted molar refractivity (Wildman–Crippen MR) is 94.1 cm³/mol. The van der Waals surface area contributed by atoms with Gasteiger partial charge in [-0.25, -0.2) is 17.2 Å². The van der Waals surface area contributed by atoms with Crippen molar-refractivity contribution in [1.82, 2.24) is 14.9 Å². The molecule has 2 rings (SSSR count). The van der Waals surface area contributed by atoms with Crippen molar-refractivity contribution in [3.05, 3.63) is 35.4 Å². The zero-order chi connectivity index (χ0) is 20.9. The molecule has 1 aliphatic heterocycles. The van der Waals surface area contributed by atoms with Crippen LogP contribution in [0.4, 0.5) is 22.0 Å². The van der Waals surface area contributed by atoms with Crippen LogP contribution in [0.25, 0.3) is 0 Å². The summed E-state index contributed by atoms with van der Waals surface area (Å²) in [6.45, 7) is -0.179. The van der Waals surface area contributed by atoms with Crippen LogP contribution in [-0.2, 0) is 16.4 Å². The summed E-state index contributed by atoms with van der Waals surface area (Å²) in [7, 11) is -3.81. The molecule has 0 amide bonds. The number of aliphatic imine (C=N–C) groups is 1. The predicted octanol–water partition coefficient (Wildman–Crippen LogP) is 1.99. The molecule has 1 heterocycles. The van der Waals surface area contributed by atoms with Crippen LogP contribution in [0.3, 0.4) is 0 Å². The fourth-order valence-electron chi connectivity index (χ4n) is 2.86. The maximum absolute atomic E-state index is 13.2. The van der Waals surface area contributed by atoms with E-state index in [1.165, 1.54) is 19.2 Å². The van der Waals surface area contributed by atoms with Gasteiger partial charge < -0.3 is 10.6 Å². The molecule has 0 atom stereocenters. The van der Waals surface area contributed by atoms with E-state index in [1.54, 1.807) is 0 Å². The van der Waals surface area contributed by atoms with Crippen molar-refractivity contribution in [3.63, 3.8) is 0 Å². The minimum absolute atomic E-state index is 0.186. The van der Waals surface area contributed by atoms with Crippen molar-refractivity contribution in [2.75, 3.05) is 26.7 Å². The molecular weight excluding hydrogens is 407 g/mol. The monoisotopic (exact) mass is 428 g/mol. The third-order valence-corrected chi connectivity index (χ3v) is 5.91. The molecule has 2 N–H and O–H groups in total. The first-order valence-electron chi connectivity index (χ1n) is 8.51. The molecule has 158 valence electrons. The minimum atomic E-state index is -5.31. The number of nitrogens with one attached hydrogen (secondary N) is 2. The molecule has 0 unspecified atom stereocenters. The smallest absolute Gasteiger partial charge is 0.356 e. The number of guanidine groups is 1. The molecule has 12 heteroatoms. The number of hydrogen-bond acceptors (Lipinski definition) is 3. The van der Waals surface area contributed by atoms with Gasteiger partial charge in [-0.05, 0) is 37.0 Å². The average molecular weight is 428 g/mol. The summed E-state index contributed by atoms with van der Waals surface area (Å²) < 4.78 is 87.3. The van der Waals surface area contributed by atoms with Gasteiger partial charge in [-0.15, -0.1) is 0 Å². The van der Waals surface area contributed by atoms with Crippen LogP contribution in [0.1, 0.15) is 18.4 Å². The van der Waals surface area contributed by atoms with E-state index in [0.29, 0.717) is 28.8 Å². The molecular formula is C16H21F5N4O2S. The maximum Gasteiger partial charge on any atom is 0.511 e. The van der Waals surface area contributed by atoms with Crippen LogP contribution < -0.4 is 10.6 Å². The van der Waals surface area contributed by atoms with E-state index in [1.807, 2.05) is 0 Å². The van der Waals surface area contributed by atoms with E-state index >= 15 is 0 Å². The summed E-state index contributed by atoms with van der Waals surface area (Å²) in [6, 6.07) is 2.97. The van der Waals surface area contributed by atoms with E-state index in [4.69, 9.17) is 0 Å². The van der Waals surface area contributed by atoms with Gasteiger partial charge in [-0.2, -0.15) is 17.5 Å². The van der Waals surface area contributed by atoms with Gasteiger partial charge in [0.1, 0.15) is 11.6 Å². The van der Waals surface area contributed by atoms with Crippen LogP contribution in [0, 0.1) is 11.6 Å². The molecule has 1 fully saturated rings. The summed E-state index contributed by atoms with van der Waals surface area (Å²) in [5.41, 5.74) is -4.84. The third-order valence-electron chi connectivity index (χ3n) is 4.28. The Kier molecular flexibility index (Phi) is 7.21. The van der Waals surface area contributed by atoms with Gasteiger partial charge in [0.2, 0.25) is 0 Å². The normalized spacial score (nSPS) is 17.6. The van der Waals surface area contributed by atoms with Crippen molar-refractivity contribution in [1.29, 1.82) is 0 Å². The second-order valence-electron chi connectivity index (χ2n) is 6.30. The van der Waals surface area contributed by atoms with Crippen molar-refractivity contribution in [2.24, 2.45) is 4.99 Å². The maximum atomic E-state index is 13.2. The Morgan fingerprint density at radius 2 is 1.75 bits per heavy atom. The molecule has 6 nitrogen and oxygen atoms in total. The standard InChI is InChI=1S/C16H21F5N4O2S/c1-22-15(23-5-2-11-8-12(17)10-13(18)9-11)24-14-3-6-25(7-4-14)28(26,27)16(19,20)21/h8-10,14H,2-7H2,1H3,(H2,22,23,24). The first-order chi connectivity index (χ1) is 13.0. The summed E-state index contributed by atoms with van der Waals surface area (Å²) in [4.78, 5) is 3.99. The number of sulfonamides is 1. The number of alkyl halides is 3. The lowest BCUT2D eigenvalue weighted by Gasteiger charge is -2.32. The lowest BCUT2D eigenvalue weighted by atomic mass is 10.1. The lowest BCUT2D eigenvalue weighted by Crippen LogP contribution is -2.51. The number of nitrogens with zero attached hydrogens (tertiary/aromatic N) is 2. The van der Waals surface area contributed by atoms with Crippen molar-refractivity contribution >= 4 is 16.0 Å². The summed E-state index contributed by atoms with van der Waals surface area (Å²) in [5.74, 6) is -0.967. The Hall–Kier alpha value is -1.95. The minimum Gasteiger partial charge on any atom is -0.356 e. The summed E-state index contributed by atoms with van der Waals surface area (Å²) in [6.07, 6.45) is 0.702. The largest absolute Gasteiger partial charge is 0.511 e. The van der Waals surface area contributed by atoms with Gasteiger partial charge in [0.15, 0.2) is 5.96 Å². The first kappa shape index (κ1) is 22.3. The van der Waals surface area contributed by atoms with E-state index in [-0.39, 0.29) is 32.0 Å². The molecule has 0 saturated carbocycles. The van der Waals surface area contributed by atoms with Crippen LogP contribution in [0.15, 0.2) is 23.2 Å².